The first-order valence-corrected chi connectivity index (χ1v) is 4.87. The number of hydrogen-bond acceptors (Lipinski definition) is 2. The van der Waals surface area contributed by atoms with Crippen LogP contribution in [0.4, 0.5) is 0 Å². The summed E-state index contributed by atoms with van der Waals surface area (Å²) in [7, 11) is 0. The number of thiophene rings is 1. The lowest BCUT2D eigenvalue weighted by Gasteiger charge is -2.01. The molecule has 1 unspecified atom stereocenters. The van der Waals surface area contributed by atoms with E-state index in [2.05, 4.69) is 6.07 Å². The first kappa shape index (κ1) is 9.04. The van der Waals surface area contributed by atoms with Gasteiger partial charge in [-0.3, -0.25) is 0 Å². The lowest BCUT2D eigenvalue weighted by molar-refractivity contribution is 0.670. The molecule has 0 bridgehead atoms. The lowest BCUT2D eigenvalue weighted by Crippen LogP contribution is -2.14. The highest BCUT2D eigenvalue weighted by molar-refractivity contribution is 7.16. The van der Waals surface area contributed by atoms with Crippen molar-refractivity contribution in [3.63, 3.8) is 0 Å². The number of aryl methyl sites for hydroxylation is 1. The Balaban J connectivity index is 2.39. The van der Waals surface area contributed by atoms with E-state index in [-0.39, 0.29) is 6.04 Å². The molecular formula is C8H12ClNS. The summed E-state index contributed by atoms with van der Waals surface area (Å²) in [5.74, 6) is 0. The largest absolute Gasteiger partial charge is 0.328 e. The van der Waals surface area contributed by atoms with Crippen molar-refractivity contribution < 1.29 is 0 Å². The molecule has 0 fully saturated rings. The van der Waals surface area contributed by atoms with Crippen LogP contribution in [0.5, 0.6) is 0 Å². The predicted molar refractivity (Wildman–Crippen MR) is 51.3 cm³/mol. The van der Waals surface area contributed by atoms with Gasteiger partial charge in [-0.25, -0.2) is 0 Å². The molecular weight excluding hydrogens is 178 g/mol. The van der Waals surface area contributed by atoms with Crippen molar-refractivity contribution in [3.8, 4) is 0 Å². The minimum atomic E-state index is 0.288. The molecule has 1 atom stereocenters. The highest BCUT2D eigenvalue weighted by Crippen LogP contribution is 2.22. The number of rotatable bonds is 3. The Morgan fingerprint density at radius 1 is 1.64 bits per heavy atom. The minimum Gasteiger partial charge on any atom is -0.328 e. The van der Waals surface area contributed by atoms with E-state index >= 15 is 0 Å². The van der Waals surface area contributed by atoms with Crippen LogP contribution in [-0.2, 0) is 6.42 Å². The van der Waals surface area contributed by atoms with Crippen LogP contribution < -0.4 is 5.73 Å². The fraction of sp³-hybridized carbons (Fsp3) is 0.500. The Hall–Kier alpha value is -0.0500. The number of nitrogens with two attached hydrogens (primary N) is 1. The van der Waals surface area contributed by atoms with E-state index in [4.69, 9.17) is 17.3 Å². The maximum absolute atomic E-state index is 5.76. The summed E-state index contributed by atoms with van der Waals surface area (Å²) in [5.41, 5.74) is 5.62. The van der Waals surface area contributed by atoms with Crippen LogP contribution in [0, 0.1) is 0 Å². The average Bonchev–Trinajstić information content (AvgIpc) is 2.31. The second kappa shape index (κ2) is 4.10. The van der Waals surface area contributed by atoms with Gasteiger partial charge in [0.25, 0.3) is 0 Å². The van der Waals surface area contributed by atoms with Crippen LogP contribution in [0.25, 0.3) is 0 Å². The van der Waals surface area contributed by atoms with E-state index in [1.165, 1.54) is 4.88 Å². The van der Waals surface area contributed by atoms with Gasteiger partial charge in [0.2, 0.25) is 0 Å². The van der Waals surface area contributed by atoms with Crippen molar-refractivity contribution in [1.82, 2.24) is 0 Å². The molecule has 0 amide bonds. The third kappa shape index (κ3) is 3.23. The zero-order chi connectivity index (χ0) is 8.27. The fourth-order valence-electron chi connectivity index (χ4n) is 0.856. The van der Waals surface area contributed by atoms with Crippen molar-refractivity contribution in [2.24, 2.45) is 5.73 Å². The van der Waals surface area contributed by atoms with Gasteiger partial charge in [-0.15, -0.1) is 11.3 Å². The van der Waals surface area contributed by atoms with Crippen molar-refractivity contribution in [2.75, 3.05) is 0 Å². The van der Waals surface area contributed by atoms with Gasteiger partial charge in [-0.05, 0) is 31.9 Å². The van der Waals surface area contributed by atoms with Crippen molar-refractivity contribution in [3.05, 3.63) is 21.3 Å². The van der Waals surface area contributed by atoms with Gasteiger partial charge in [-0.2, -0.15) is 0 Å². The van der Waals surface area contributed by atoms with Crippen LogP contribution in [0.15, 0.2) is 12.1 Å². The Morgan fingerprint density at radius 2 is 2.36 bits per heavy atom. The molecule has 2 N–H and O–H groups in total. The minimum absolute atomic E-state index is 0.288. The van der Waals surface area contributed by atoms with Gasteiger partial charge in [-0.1, -0.05) is 11.6 Å². The SMILES string of the molecule is CC(N)CCc1ccc(Cl)s1. The van der Waals surface area contributed by atoms with E-state index in [1.54, 1.807) is 11.3 Å². The molecule has 0 aliphatic heterocycles. The van der Waals surface area contributed by atoms with Gasteiger partial charge in [0, 0.05) is 10.9 Å². The zero-order valence-electron chi connectivity index (χ0n) is 6.51. The third-order valence-corrected chi connectivity index (χ3v) is 2.77. The van der Waals surface area contributed by atoms with Gasteiger partial charge >= 0.3 is 0 Å². The van der Waals surface area contributed by atoms with Crippen molar-refractivity contribution in [1.29, 1.82) is 0 Å². The summed E-state index contributed by atoms with van der Waals surface area (Å²) in [5, 5.41) is 0. The molecule has 1 aromatic heterocycles. The van der Waals surface area contributed by atoms with Gasteiger partial charge < -0.3 is 5.73 Å². The van der Waals surface area contributed by atoms with Gasteiger partial charge in [0.05, 0.1) is 4.34 Å². The molecule has 0 saturated heterocycles. The Morgan fingerprint density at radius 3 is 2.82 bits per heavy atom. The third-order valence-electron chi connectivity index (χ3n) is 1.47. The summed E-state index contributed by atoms with van der Waals surface area (Å²) >= 11 is 7.40. The summed E-state index contributed by atoms with van der Waals surface area (Å²) in [6.45, 7) is 2.02. The molecule has 1 rings (SSSR count). The topological polar surface area (TPSA) is 26.0 Å². The summed E-state index contributed by atoms with van der Waals surface area (Å²) in [4.78, 5) is 1.33. The van der Waals surface area contributed by atoms with E-state index in [9.17, 15) is 0 Å². The molecule has 0 radical (unpaired) electrons. The van der Waals surface area contributed by atoms with E-state index in [0.29, 0.717) is 0 Å². The van der Waals surface area contributed by atoms with Crippen LogP contribution in [-0.4, -0.2) is 6.04 Å². The number of halogens is 1. The maximum Gasteiger partial charge on any atom is 0.0931 e. The van der Waals surface area contributed by atoms with Crippen LogP contribution >= 0.6 is 22.9 Å². The second-order valence-electron chi connectivity index (χ2n) is 2.72. The van der Waals surface area contributed by atoms with E-state index in [1.807, 2.05) is 13.0 Å². The molecule has 0 aromatic carbocycles. The summed E-state index contributed by atoms with van der Waals surface area (Å²) in [6, 6.07) is 4.29. The average molecular weight is 190 g/mol. The standard InChI is InChI=1S/C8H12ClNS/c1-6(10)2-3-7-4-5-8(9)11-7/h4-6H,2-3,10H2,1H3. The Kier molecular flexibility index (Phi) is 3.37. The van der Waals surface area contributed by atoms with E-state index < -0.39 is 0 Å². The quantitative estimate of drug-likeness (QED) is 0.778. The van der Waals surface area contributed by atoms with Crippen LogP contribution in [0.2, 0.25) is 4.34 Å². The molecule has 3 heteroatoms. The molecule has 0 spiro atoms. The Bertz CT molecular complexity index is 220. The normalized spacial score (nSPS) is 13.4. The molecule has 11 heavy (non-hydrogen) atoms. The van der Waals surface area contributed by atoms with Crippen LogP contribution in [0.3, 0.4) is 0 Å². The summed E-state index contributed by atoms with van der Waals surface area (Å²) in [6.07, 6.45) is 2.09. The Labute approximate surface area is 76.2 Å². The predicted octanol–water partition coefficient (Wildman–Crippen LogP) is 2.68. The molecule has 1 heterocycles. The molecule has 0 aliphatic carbocycles. The number of hydrogen-bond donors (Lipinski definition) is 1. The molecule has 0 saturated carbocycles. The highest BCUT2D eigenvalue weighted by atomic mass is 35.5. The first-order valence-electron chi connectivity index (χ1n) is 3.68. The zero-order valence-corrected chi connectivity index (χ0v) is 8.08. The monoisotopic (exact) mass is 189 g/mol. The summed E-state index contributed by atoms with van der Waals surface area (Å²) < 4.78 is 0.865. The smallest absolute Gasteiger partial charge is 0.0931 e. The molecule has 1 nitrogen and oxygen atoms in total. The molecule has 1 aromatic rings. The maximum atomic E-state index is 5.76. The second-order valence-corrected chi connectivity index (χ2v) is 4.52. The van der Waals surface area contributed by atoms with E-state index in [0.717, 1.165) is 17.2 Å². The molecule has 0 aliphatic rings. The van der Waals surface area contributed by atoms with Gasteiger partial charge in [0.15, 0.2) is 0 Å². The highest BCUT2D eigenvalue weighted by Gasteiger charge is 1.99. The van der Waals surface area contributed by atoms with Crippen LogP contribution in [0.1, 0.15) is 18.2 Å². The van der Waals surface area contributed by atoms with Gasteiger partial charge in [0.1, 0.15) is 0 Å². The lowest BCUT2D eigenvalue weighted by atomic mass is 10.2. The first-order chi connectivity index (χ1) is 5.18. The van der Waals surface area contributed by atoms with Crippen molar-refractivity contribution in [2.45, 2.75) is 25.8 Å². The molecule has 62 valence electrons. The fourth-order valence-corrected chi connectivity index (χ4v) is 1.96. The van der Waals surface area contributed by atoms with Crippen molar-refractivity contribution >= 4 is 22.9 Å².